The minimum Gasteiger partial charge on any atom is -0.394 e. The van der Waals surface area contributed by atoms with E-state index in [0.29, 0.717) is 6.42 Å². The quantitative estimate of drug-likeness (QED) is 0.0440. The molecule has 1 amide bonds. The Kier molecular flexibility index (Phi) is 40.9. The van der Waals surface area contributed by atoms with Crippen LogP contribution >= 0.6 is 0 Å². The van der Waals surface area contributed by atoms with Gasteiger partial charge in [0.1, 0.15) is 0 Å². The van der Waals surface area contributed by atoms with Gasteiger partial charge in [-0.2, -0.15) is 0 Å². The van der Waals surface area contributed by atoms with Crippen LogP contribution < -0.4 is 5.32 Å². The fourth-order valence-electron chi connectivity index (χ4n) is 6.68. The number of hydrogen-bond acceptors (Lipinski definition) is 3. The number of aliphatic hydroxyl groups is 2. The van der Waals surface area contributed by atoms with Crippen LogP contribution in [0, 0.1) is 0 Å². The van der Waals surface area contributed by atoms with Crippen LogP contribution in [0.3, 0.4) is 0 Å². The molecular formula is C46H87NO3. The highest BCUT2D eigenvalue weighted by Crippen LogP contribution is 2.15. The van der Waals surface area contributed by atoms with Crippen molar-refractivity contribution in [1.29, 1.82) is 0 Å². The van der Waals surface area contributed by atoms with Crippen LogP contribution in [0.25, 0.3) is 0 Å². The van der Waals surface area contributed by atoms with Gasteiger partial charge < -0.3 is 15.5 Å². The second-order valence-corrected chi connectivity index (χ2v) is 15.1. The van der Waals surface area contributed by atoms with E-state index in [-0.39, 0.29) is 12.5 Å². The average Bonchev–Trinajstić information content (AvgIpc) is 3.12. The minimum absolute atomic E-state index is 0.0768. The van der Waals surface area contributed by atoms with Crippen molar-refractivity contribution in [3.05, 3.63) is 36.5 Å². The number of unbranched alkanes of at least 4 members (excludes halogenated alkanes) is 29. The van der Waals surface area contributed by atoms with Gasteiger partial charge in [-0.3, -0.25) is 4.79 Å². The van der Waals surface area contributed by atoms with E-state index >= 15 is 0 Å². The van der Waals surface area contributed by atoms with Crippen LogP contribution in [0.2, 0.25) is 0 Å². The number of hydrogen-bond donors (Lipinski definition) is 3. The molecule has 2 unspecified atom stereocenters. The highest BCUT2D eigenvalue weighted by Gasteiger charge is 2.17. The second kappa shape index (κ2) is 42.0. The van der Waals surface area contributed by atoms with Crippen molar-refractivity contribution in [3.8, 4) is 0 Å². The molecule has 0 aliphatic heterocycles. The van der Waals surface area contributed by atoms with Crippen molar-refractivity contribution in [2.75, 3.05) is 6.61 Å². The van der Waals surface area contributed by atoms with Gasteiger partial charge in [-0.15, -0.1) is 0 Å². The average molecular weight is 702 g/mol. The lowest BCUT2D eigenvalue weighted by Crippen LogP contribution is -2.45. The van der Waals surface area contributed by atoms with Gasteiger partial charge >= 0.3 is 0 Å². The van der Waals surface area contributed by atoms with Gasteiger partial charge in [0, 0.05) is 6.42 Å². The lowest BCUT2D eigenvalue weighted by Gasteiger charge is -2.19. The molecule has 0 aromatic heterocycles. The van der Waals surface area contributed by atoms with Crippen molar-refractivity contribution in [2.45, 2.75) is 244 Å². The number of amides is 1. The molecular weight excluding hydrogens is 615 g/mol. The van der Waals surface area contributed by atoms with Crippen molar-refractivity contribution in [1.82, 2.24) is 5.32 Å². The van der Waals surface area contributed by atoms with Crippen molar-refractivity contribution >= 4 is 5.91 Å². The maximum atomic E-state index is 12.3. The fraction of sp³-hybridized carbons (Fsp3) is 0.848. The first-order valence-corrected chi connectivity index (χ1v) is 22.2. The molecule has 0 fully saturated rings. The van der Waals surface area contributed by atoms with Gasteiger partial charge in [-0.05, 0) is 44.9 Å². The molecule has 4 nitrogen and oxygen atoms in total. The Hall–Kier alpha value is -1.39. The van der Waals surface area contributed by atoms with E-state index in [0.717, 1.165) is 38.5 Å². The van der Waals surface area contributed by atoms with E-state index in [1.165, 1.54) is 173 Å². The predicted molar refractivity (Wildman–Crippen MR) is 221 cm³/mol. The minimum atomic E-state index is -0.867. The molecule has 0 saturated carbocycles. The van der Waals surface area contributed by atoms with Crippen LogP contribution in [0.5, 0.6) is 0 Å². The predicted octanol–water partition coefficient (Wildman–Crippen LogP) is 13.8. The third-order valence-corrected chi connectivity index (χ3v) is 10.1. The molecule has 2 atom stereocenters. The van der Waals surface area contributed by atoms with Gasteiger partial charge in [-0.1, -0.05) is 217 Å². The molecule has 0 heterocycles. The molecule has 50 heavy (non-hydrogen) atoms. The molecule has 0 aromatic carbocycles. The molecule has 0 aromatic rings. The van der Waals surface area contributed by atoms with E-state index in [1.54, 1.807) is 6.08 Å². The first-order chi connectivity index (χ1) is 24.7. The molecule has 0 saturated heterocycles. The van der Waals surface area contributed by atoms with Crippen LogP contribution in [0.15, 0.2) is 36.5 Å². The van der Waals surface area contributed by atoms with E-state index < -0.39 is 12.1 Å². The van der Waals surface area contributed by atoms with Gasteiger partial charge in [-0.25, -0.2) is 0 Å². The number of nitrogens with one attached hydrogen (secondary N) is 1. The maximum Gasteiger partial charge on any atom is 0.220 e. The van der Waals surface area contributed by atoms with Gasteiger partial charge in [0.25, 0.3) is 0 Å². The van der Waals surface area contributed by atoms with Crippen molar-refractivity contribution in [3.63, 3.8) is 0 Å². The second-order valence-electron chi connectivity index (χ2n) is 15.1. The summed E-state index contributed by atoms with van der Waals surface area (Å²) < 4.78 is 0. The zero-order valence-electron chi connectivity index (χ0n) is 33.7. The fourth-order valence-corrected chi connectivity index (χ4v) is 6.68. The molecule has 0 bridgehead atoms. The highest BCUT2D eigenvalue weighted by atomic mass is 16.3. The number of carbonyl (C=O) groups is 1. The summed E-state index contributed by atoms with van der Waals surface area (Å²) in [6, 6.07) is -0.641. The lowest BCUT2D eigenvalue weighted by molar-refractivity contribution is -0.123. The maximum absolute atomic E-state index is 12.3. The number of allylic oxidation sites excluding steroid dienone is 5. The molecule has 294 valence electrons. The monoisotopic (exact) mass is 702 g/mol. The Bertz CT molecular complexity index is 760. The van der Waals surface area contributed by atoms with Crippen molar-refractivity contribution in [2.24, 2.45) is 0 Å². The summed E-state index contributed by atoms with van der Waals surface area (Å²) in [6.07, 6.45) is 55.4. The van der Waals surface area contributed by atoms with E-state index in [9.17, 15) is 15.0 Å². The summed E-state index contributed by atoms with van der Waals surface area (Å²) in [5.41, 5.74) is 0. The molecule has 0 rings (SSSR count). The summed E-state index contributed by atoms with van der Waals surface area (Å²) in [5.74, 6) is -0.0768. The first-order valence-electron chi connectivity index (χ1n) is 22.2. The van der Waals surface area contributed by atoms with Crippen LogP contribution in [0.1, 0.15) is 232 Å². The third-order valence-electron chi connectivity index (χ3n) is 10.1. The zero-order chi connectivity index (χ0) is 36.4. The van der Waals surface area contributed by atoms with Gasteiger partial charge in [0.05, 0.1) is 18.8 Å². The standard InChI is InChI=1S/C46H87NO3/c1-3-5-7-9-11-13-15-17-19-20-21-22-23-24-25-26-27-28-29-31-33-35-37-39-41-45(49)44(43-48)47-46(50)42-40-38-36-34-32-30-18-16-14-12-10-8-6-4-2/h26-27,31,33,39,41,44-45,48-49H,3-25,28-30,32,34-38,40,42-43H2,1-2H3,(H,47,50)/b27-26+,33-31+,41-39+. The summed E-state index contributed by atoms with van der Waals surface area (Å²) in [5, 5.41) is 23.0. The molecule has 0 radical (unpaired) electrons. The normalized spacial score (nSPS) is 13.3. The Labute approximate surface area is 312 Å². The van der Waals surface area contributed by atoms with Gasteiger partial charge in [0.15, 0.2) is 0 Å². The Morgan fingerprint density at radius 1 is 0.460 bits per heavy atom. The summed E-state index contributed by atoms with van der Waals surface area (Å²) in [7, 11) is 0. The Balaban J connectivity index is 3.62. The van der Waals surface area contributed by atoms with Crippen LogP contribution in [0.4, 0.5) is 0 Å². The molecule has 4 heteroatoms. The number of carbonyl (C=O) groups excluding carboxylic acids is 1. The molecule has 0 spiro atoms. The number of rotatable bonds is 40. The lowest BCUT2D eigenvalue weighted by atomic mass is 10.0. The van der Waals surface area contributed by atoms with Crippen LogP contribution in [-0.4, -0.2) is 34.9 Å². The highest BCUT2D eigenvalue weighted by molar-refractivity contribution is 5.76. The summed E-state index contributed by atoms with van der Waals surface area (Å²) in [6.45, 7) is 4.30. The molecule has 0 aliphatic carbocycles. The largest absolute Gasteiger partial charge is 0.394 e. The zero-order valence-corrected chi connectivity index (χ0v) is 33.7. The molecule has 3 N–H and O–H groups in total. The number of aliphatic hydroxyl groups excluding tert-OH is 2. The molecule has 0 aliphatic rings. The Morgan fingerprint density at radius 3 is 1.16 bits per heavy atom. The SMILES string of the molecule is CCCCCCCCCCCCCCCC/C=C/CC/C=C/CC/C=C/C(O)C(CO)NC(=O)CCCCCCCCCCCCCCCC. The van der Waals surface area contributed by atoms with E-state index in [1.807, 2.05) is 6.08 Å². The summed E-state index contributed by atoms with van der Waals surface area (Å²) in [4.78, 5) is 12.3. The van der Waals surface area contributed by atoms with Crippen LogP contribution in [-0.2, 0) is 4.79 Å². The van der Waals surface area contributed by atoms with E-state index in [4.69, 9.17) is 0 Å². The van der Waals surface area contributed by atoms with Crippen molar-refractivity contribution < 1.29 is 15.0 Å². The topological polar surface area (TPSA) is 69.6 Å². The first kappa shape index (κ1) is 48.6. The third kappa shape index (κ3) is 37.9. The smallest absolute Gasteiger partial charge is 0.220 e. The van der Waals surface area contributed by atoms with Gasteiger partial charge in [0.2, 0.25) is 5.91 Å². The summed E-state index contributed by atoms with van der Waals surface area (Å²) >= 11 is 0. The van der Waals surface area contributed by atoms with E-state index in [2.05, 4.69) is 43.5 Å². The Morgan fingerprint density at radius 2 is 0.780 bits per heavy atom.